The van der Waals surface area contributed by atoms with Crippen molar-refractivity contribution in [2.75, 3.05) is 37.5 Å². The van der Waals surface area contributed by atoms with Gasteiger partial charge in [-0.25, -0.2) is 0 Å². The minimum Gasteiger partial charge on any atom is -0.508 e. The Kier molecular flexibility index (Phi) is 91.5. The summed E-state index contributed by atoms with van der Waals surface area (Å²) in [6, 6.07) is 11.9. The van der Waals surface area contributed by atoms with Gasteiger partial charge in [-0.15, -0.1) is 0 Å². The number of thiol groups is 1. The zero-order valence-corrected chi connectivity index (χ0v) is 78.1. The van der Waals surface area contributed by atoms with Crippen LogP contribution in [0.1, 0.15) is 123 Å². The highest BCUT2D eigenvalue weighted by Crippen LogP contribution is 2.19. The van der Waals surface area contributed by atoms with Gasteiger partial charge in [-0.05, 0) is 130 Å². The molecule has 55 heteroatoms. The standard InChI is InChI=1S/C11H12N2O2.C9H11NO3.C9H11NO2.2C6H13NO2.C5H10N2O3.C5H11NO2S.C5H9NO2.C5H11NO2.C4H8N2O3.C4H9NO3.C3H7NO3.C3H7NO2S.C3H7NO2.C2H5NO2/c12-9(11(14)15)5-7-6-13-10-4-2-1-3-8(7)10;10-8(9(12)13)5-6-1-3-7(11)4-2-6;10-8(9(11)12)6-7-4-2-1-3-5-7;1-4(2)3-5(7)6(8)9;1-3-4(2)5(7)6(8)9;6-3(5(9)10)1-2-4(7)8;1-9-3-2-4(6)5(7)8;7-5(8)4-2-1-3-6-4;1-3(2)4(6)5(7)8;5-2(4(8)9)1-3(6)7;1-2(6)3(5)4(7)8;4-2(1-5)3(6)7;4-2(1-7)3(5)6;1-2(4)3(5)6;3-1-2(4)5/h1-4,6,9,13H,5,12H2,(H,14,15);1-4,8,11H,5,10H2,(H,12,13);1-5,8H,6,10H2,(H,11,12);2*4-5H,3,7H2,1-2H3,(H,8,9);3H,1-2,6H2,(H2,7,8)(H,9,10);4H,2-3,6H2,1H3,(H,7,8);4,6H,1-3H2,(H,7,8);3-4H,6H2,1-2H3,(H,7,8);2H,1,5H2,(H2,6,7)(H,8,9);2-3,6H,5H2,1H3,(H,7,8);2,5H,1,4H2,(H,6,7);2,7H,1,4H2,(H,5,6);2H,4H2,1H3,(H,5,6);1,3H2,(H,4,5). The Morgan fingerprint density at radius 1 is 0.459 bits per heavy atom. The fourth-order valence-corrected chi connectivity index (χ4v) is 7.94. The summed E-state index contributed by atoms with van der Waals surface area (Å²) in [7, 11) is 0. The van der Waals surface area contributed by atoms with E-state index in [1.54, 1.807) is 37.7 Å². The van der Waals surface area contributed by atoms with Gasteiger partial charge in [0.1, 0.15) is 90.3 Å². The molecule has 0 radical (unpaired) electrons. The van der Waals surface area contributed by atoms with E-state index in [1.165, 1.54) is 26.0 Å². The number of benzene rings is 3. The number of thioether (sulfide) groups is 1. The van der Waals surface area contributed by atoms with Crippen LogP contribution < -0.4 is 97.1 Å². The molecular formula is C80H144N18O35S2. The van der Waals surface area contributed by atoms with Gasteiger partial charge < -0.3 is 194 Å². The molecule has 135 heavy (non-hydrogen) atoms. The average Bonchev–Trinajstić information content (AvgIpc) is 1.69. The fourth-order valence-electron chi connectivity index (χ4n) is 7.30. The van der Waals surface area contributed by atoms with Crippen molar-refractivity contribution in [3.63, 3.8) is 0 Å². The first-order valence-electron chi connectivity index (χ1n) is 40.0. The van der Waals surface area contributed by atoms with Crippen LogP contribution in [0.4, 0.5) is 0 Å². The smallest absolute Gasteiger partial charge is 0.323 e. The van der Waals surface area contributed by atoms with Crippen molar-refractivity contribution in [2.24, 2.45) is 109 Å². The van der Waals surface area contributed by atoms with Gasteiger partial charge in [0.15, 0.2) is 0 Å². The maximum atomic E-state index is 10.6. The number of carboxylic acid groups (broad SMARTS) is 15. The van der Waals surface area contributed by atoms with Crippen LogP contribution in [0.2, 0.25) is 0 Å². The normalized spacial score (nSPS) is 14.2. The third-order valence-electron chi connectivity index (χ3n) is 15.8. The van der Waals surface area contributed by atoms with Crippen molar-refractivity contribution in [1.29, 1.82) is 0 Å². The molecule has 776 valence electrons. The molecule has 0 saturated carbocycles. The summed E-state index contributed by atoms with van der Waals surface area (Å²) in [5.41, 5.74) is 84.1. The first-order valence-corrected chi connectivity index (χ1v) is 42.1. The van der Waals surface area contributed by atoms with E-state index < -0.39 is 193 Å². The lowest BCUT2D eigenvalue weighted by Crippen LogP contribution is -2.39. The van der Waals surface area contributed by atoms with Crippen molar-refractivity contribution in [2.45, 2.75) is 217 Å². The fraction of sp³-hybridized carbons (Fsp3) is 0.537. The van der Waals surface area contributed by atoms with E-state index in [0.29, 0.717) is 31.6 Å². The second-order valence-corrected chi connectivity index (χ2v) is 30.1. The van der Waals surface area contributed by atoms with Crippen LogP contribution >= 0.6 is 24.4 Å². The first-order chi connectivity index (χ1) is 62.0. The molecule has 1 aliphatic rings. The number of aromatic hydroxyl groups is 1. The number of amides is 2. The summed E-state index contributed by atoms with van der Waals surface area (Å²) in [5, 5.41) is 152. The predicted molar refractivity (Wildman–Crippen MR) is 500 cm³/mol. The van der Waals surface area contributed by atoms with E-state index in [-0.39, 0.29) is 61.6 Å². The Labute approximate surface area is 788 Å². The molecule has 0 spiro atoms. The Hall–Kier alpha value is -12.0. The number of primary amides is 2. The number of aliphatic carboxylic acids is 15. The monoisotopic (exact) mass is 1980 g/mol. The number of H-pyrrole nitrogens is 1. The van der Waals surface area contributed by atoms with Crippen LogP contribution in [0.5, 0.6) is 5.75 Å². The first kappa shape index (κ1) is 143. The summed E-state index contributed by atoms with van der Waals surface area (Å²) < 4.78 is 0. The molecule has 2 amide bonds. The third kappa shape index (κ3) is 92.3. The van der Waals surface area contributed by atoms with Crippen LogP contribution in [-0.2, 0) is 101 Å². The van der Waals surface area contributed by atoms with Crippen molar-refractivity contribution >= 4 is 137 Å². The zero-order valence-electron chi connectivity index (χ0n) is 76.4. The Morgan fingerprint density at radius 2 is 0.837 bits per heavy atom. The summed E-state index contributed by atoms with van der Waals surface area (Å²) in [4.78, 5) is 173. The van der Waals surface area contributed by atoms with Gasteiger partial charge in [-0.1, -0.05) is 109 Å². The molecule has 1 saturated heterocycles. The van der Waals surface area contributed by atoms with Crippen molar-refractivity contribution in [3.05, 3.63) is 102 Å². The lowest BCUT2D eigenvalue weighted by Gasteiger charge is -2.11. The molecule has 2 heterocycles. The van der Waals surface area contributed by atoms with E-state index in [1.807, 2.05) is 94.7 Å². The molecular weight excluding hydrogens is 1840 g/mol. The van der Waals surface area contributed by atoms with Crippen molar-refractivity contribution in [3.8, 4) is 5.75 Å². The number of phenolic OH excluding ortho intramolecular Hbond substituents is 1. The highest BCUT2D eigenvalue weighted by atomic mass is 32.2. The number of aromatic amines is 1. The van der Waals surface area contributed by atoms with E-state index >= 15 is 0 Å². The number of para-hydroxylation sites is 1. The van der Waals surface area contributed by atoms with Gasteiger partial charge in [-0.3, -0.25) is 81.5 Å². The molecule has 16 unspecified atom stereocenters. The SMILES string of the molecule is CC(C)C(N)C(=O)O.CC(C)CC(N)C(=O)O.CC(N)C(=O)O.CC(O)C(N)C(=O)O.CCC(C)C(N)C(=O)O.CSCCC(N)C(=O)O.NC(=O)CC(N)C(=O)O.NC(=O)CCC(N)C(=O)O.NC(CO)C(=O)O.NC(CS)C(=O)O.NC(Cc1c[nH]c2ccccc12)C(=O)O.NC(Cc1ccc(O)cc1)C(=O)O.NC(Cc1ccccc1)C(=O)O.NCC(=O)O.O=C(O)C1CCCN1. The van der Waals surface area contributed by atoms with Crippen LogP contribution in [-0.4, -0.2) is 326 Å². The number of carbonyl (C=O) groups is 17. The Morgan fingerprint density at radius 3 is 1.07 bits per heavy atom. The van der Waals surface area contributed by atoms with Crippen LogP contribution in [0.15, 0.2) is 85.1 Å². The van der Waals surface area contributed by atoms with Crippen LogP contribution in [0.3, 0.4) is 0 Å². The predicted octanol–water partition coefficient (Wildman–Crippen LogP) is -5.09. The number of phenols is 1. The second-order valence-electron chi connectivity index (χ2n) is 28.8. The number of aliphatic hydroxyl groups excluding tert-OH is 2. The van der Waals surface area contributed by atoms with Gasteiger partial charge in [0.05, 0.1) is 25.7 Å². The minimum absolute atomic E-state index is 0.0208. The number of aliphatic hydroxyl groups is 2. The topological polar surface area (TPSA) is 1100 Å². The van der Waals surface area contributed by atoms with Gasteiger partial charge in [0, 0.05) is 35.7 Å². The van der Waals surface area contributed by atoms with Gasteiger partial charge >= 0.3 is 89.5 Å². The number of aromatic nitrogens is 1. The summed E-state index contributed by atoms with van der Waals surface area (Å²) in [6.07, 6.45) is 7.28. The number of hydrogen-bond donors (Lipinski definition) is 37. The van der Waals surface area contributed by atoms with Crippen LogP contribution in [0, 0.1) is 17.8 Å². The molecule has 5 rings (SSSR count). The molecule has 0 aliphatic carbocycles. The molecule has 0 bridgehead atoms. The van der Waals surface area contributed by atoms with E-state index in [4.69, 9.17) is 172 Å². The maximum Gasteiger partial charge on any atom is 0.323 e. The highest BCUT2D eigenvalue weighted by molar-refractivity contribution is 7.98. The lowest BCUT2D eigenvalue weighted by molar-refractivity contribution is -0.141. The quantitative estimate of drug-likeness (QED) is 0.0188. The van der Waals surface area contributed by atoms with Crippen LogP contribution in [0.25, 0.3) is 10.9 Å². The number of rotatable bonds is 37. The lowest BCUT2D eigenvalue weighted by atomic mass is 10.0. The van der Waals surface area contributed by atoms with Gasteiger partial charge in [0.2, 0.25) is 11.8 Å². The van der Waals surface area contributed by atoms with Crippen molar-refractivity contribution < 1.29 is 173 Å². The molecule has 1 aromatic heterocycles. The molecule has 3 aromatic carbocycles. The Bertz CT molecular complexity index is 3950. The largest absolute Gasteiger partial charge is 0.508 e. The average molecular weight is 1980 g/mol. The molecule has 4 aromatic rings. The molecule has 1 aliphatic heterocycles. The maximum absolute atomic E-state index is 10.6. The van der Waals surface area contributed by atoms with E-state index in [2.05, 4.69) is 34.4 Å². The number of fused-ring (bicyclic) bond motifs is 1. The molecule has 52 N–H and O–H groups in total. The summed E-state index contributed by atoms with van der Waals surface area (Å²) in [6.45, 7) is 14.0. The molecule has 1 fully saturated rings. The highest BCUT2D eigenvalue weighted by Gasteiger charge is 2.23. The van der Waals surface area contributed by atoms with Gasteiger partial charge in [0.25, 0.3) is 0 Å². The number of carbonyl (C=O) groups excluding carboxylic acids is 2. The number of carboxylic acids is 15. The molecule has 53 nitrogen and oxygen atoms in total. The van der Waals surface area contributed by atoms with E-state index in [9.17, 15) is 81.5 Å². The number of nitrogens with one attached hydrogen (secondary N) is 2. The van der Waals surface area contributed by atoms with Crippen molar-refractivity contribution in [1.82, 2.24) is 10.3 Å². The summed E-state index contributed by atoms with van der Waals surface area (Å²) in [5.74, 6) is -14.6. The van der Waals surface area contributed by atoms with E-state index in [0.717, 1.165) is 59.2 Å². The second kappa shape index (κ2) is 86.1. The number of hydrogen-bond acceptors (Lipinski definition) is 37. The molecule has 16 atom stereocenters. The minimum atomic E-state index is -1.21. The third-order valence-corrected chi connectivity index (χ3v) is 16.8. The summed E-state index contributed by atoms with van der Waals surface area (Å²) >= 11 is 5.25. The Balaban J connectivity index is -0.000000156. The zero-order chi connectivity index (χ0) is 108. The van der Waals surface area contributed by atoms with Gasteiger partial charge in [-0.2, -0.15) is 24.4 Å². The number of nitrogens with two attached hydrogens (primary N) is 16.